The van der Waals surface area contributed by atoms with Gasteiger partial charge in [0.1, 0.15) is 5.82 Å². The highest BCUT2D eigenvalue weighted by Crippen LogP contribution is 2.35. The van der Waals surface area contributed by atoms with Gasteiger partial charge in [0, 0.05) is 31.1 Å². The van der Waals surface area contributed by atoms with Crippen molar-refractivity contribution in [2.75, 3.05) is 0 Å². The minimum Gasteiger partial charge on any atom is -0.481 e. The van der Waals surface area contributed by atoms with E-state index in [0.717, 1.165) is 9.13 Å². The van der Waals surface area contributed by atoms with Crippen LogP contribution in [0, 0.1) is 0 Å². The molecular weight excluding hydrogens is 369 g/mol. The third kappa shape index (κ3) is 2.79. The van der Waals surface area contributed by atoms with Crippen molar-refractivity contribution in [2.45, 2.75) is 12.3 Å². The number of hydrogen-bond acceptors (Lipinski definition) is 4. The van der Waals surface area contributed by atoms with E-state index in [1.54, 1.807) is 12.1 Å². The molecule has 0 saturated carbocycles. The lowest BCUT2D eigenvalue weighted by Crippen LogP contribution is -2.42. The van der Waals surface area contributed by atoms with Gasteiger partial charge in [-0.1, -0.05) is 29.3 Å². The summed E-state index contributed by atoms with van der Waals surface area (Å²) in [5.41, 5.74) is -0.359. The van der Waals surface area contributed by atoms with Crippen LogP contribution in [-0.2, 0) is 18.9 Å². The van der Waals surface area contributed by atoms with E-state index >= 15 is 0 Å². The summed E-state index contributed by atoms with van der Waals surface area (Å²) in [7, 11) is 2.74. The highest BCUT2D eigenvalue weighted by atomic mass is 35.5. The van der Waals surface area contributed by atoms with Gasteiger partial charge < -0.3 is 5.11 Å². The number of rotatable bonds is 2. The minimum absolute atomic E-state index is 0.00839. The van der Waals surface area contributed by atoms with E-state index in [9.17, 15) is 19.5 Å². The van der Waals surface area contributed by atoms with Gasteiger partial charge in [-0.3, -0.25) is 18.7 Å². The van der Waals surface area contributed by atoms with Crippen LogP contribution < -0.4 is 11.2 Å². The Hall–Kier alpha value is -2.38. The van der Waals surface area contributed by atoms with Crippen LogP contribution >= 0.6 is 23.2 Å². The molecule has 2 aromatic rings. The summed E-state index contributed by atoms with van der Waals surface area (Å²) in [5, 5.41) is 10.3. The van der Waals surface area contributed by atoms with E-state index in [0.29, 0.717) is 21.3 Å². The van der Waals surface area contributed by atoms with Gasteiger partial charge in [0.05, 0.1) is 22.2 Å². The van der Waals surface area contributed by atoms with E-state index in [1.165, 1.54) is 20.2 Å². The Balaban J connectivity index is 2.34. The fourth-order valence-electron chi connectivity index (χ4n) is 2.87. The number of aliphatic imine (C=N–C) groups is 1. The molecule has 9 heteroatoms. The molecule has 0 fully saturated rings. The number of hydrogen-bond donors (Lipinski definition) is 1. The van der Waals surface area contributed by atoms with Gasteiger partial charge in [-0.15, -0.1) is 0 Å². The maximum atomic E-state index is 12.4. The zero-order chi connectivity index (χ0) is 18.5. The van der Waals surface area contributed by atoms with Gasteiger partial charge in [0.25, 0.3) is 5.56 Å². The van der Waals surface area contributed by atoms with E-state index in [4.69, 9.17) is 23.2 Å². The SMILES string of the molecule is Cn1c2c(c(=O)n(C)c1=O)C(C(=O)O)CC(c1ccc(Cl)cc1Cl)=N2. The Bertz CT molecular complexity index is 1050. The van der Waals surface area contributed by atoms with Crippen LogP contribution in [0.25, 0.3) is 0 Å². The molecule has 1 aromatic heterocycles. The van der Waals surface area contributed by atoms with Crippen LogP contribution in [0.1, 0.15) is 23.5 Å². The number of halogens is 2. The van der Waals surface area contributed by atoms with Gasteiger partial charge in [-0.2, -0.15) is 0 Å². The first kappa shape index (κ1) is 17.4. The number of benzene rings is 1. The fourth-order valence-corrected chi connectivity index (χ4v) is 3.39. The molecule has 1 aromatic carbocycles. The predicted molar refractivity (Wildman–Crippen MR) is 94.6 cm³/mol. The molecule has 130 valence electrons. The van der Waals surface area contributed by atoms with Crippen molar-refractivity contribution in [3.8, 4) is 0 Å². The Morgan fingerprint density at radius 1 is 1.24 bits per heavy atom. The first-order chi connectivity index (χ1) is 11.7. The van der Waals surface area contributed by atoms with E-state index in [2.05, 4.69) is 4.99 Å². The van der Waals surface area contributed by atoms with E-state index in [1.807, 2.05) is 0 Å². The zero-order valence-corrected chi connectivity index (χ0v) is 14.8. The molecule has 7 nitrogen and oxygen atoms in total. The highest BCUT2D eigenvalue weighted by molar-refractivity contribution is 6.37. The number of carboxylic acids is 1. The Labute approximate surface area is 151 Å². The third-order valence-corrected chi connectivity index (χ3v) is 4.74. The summed E-state index contributed by atoms with van der Waals surface area (Å²) >= 11 is 12.1. The quantitative estimate of drug-likeness (QED) is 0.861. The van der Waals surface area contributed by atoms with Crippen LogP contribution in [-0.4, -0.2) is 25.9 Å². The minimum atomic E-state index is -1.17. The van der Waals surface area contributed by atoms with Crippen molar-refractivity contribution < 1.29 is 9.90 Å². The maximum Gasteiger partial charge on any atom is 0.332 e. The Morgan fingerprint density at radius 2 is 1.92 bits per heavy atom. The average Bonchev–Trinajstić information content (AvgIpc) is 2.56. The monoisotopic (exact) mass is 381 g/mol. The van der Waals surface area contributed by atoms with Crippen molar-refractivity contribution in [1.82, 2.24) is 9.13 Å². The van der Waals surface area contributed by atoms with Crippen LogP contribution in [0.15, 0.2) is 32.8 Å². The zero-order valence-electron chi connectivity index (χ0n) is 13.3. The second-order valence-electron chi connectivity index (χ2n) is 5.72. The molecule has 0 aliphatic carbocycles. The second kappa shape index (κ2) is 6.16. The van der Waals surface area contributed by atoms with Gasteiger partial charge >= 0.3 is 11.7 Å². The van der Waals surface area contributed by atoms with Crippen molar-refractivity contribution in [3.05, 3.63) is 60.2 Å². The van der Waals surface area contributed by atoms with E-state index < -0.39 is 23.1 Å². The summed E-state index contributed by atoms with van der Waals surface area (Å²) in [5.74, 6) is -2.26. The molecule has 2 heterocycles. The van der Waals surface area contributed by atoms with Crippen LogP contribution in [0.2, 0.25) is 10.0 Å². The maximum absolute atomic E-state index is 12.4. The van der Waals surface area contributed by atoms with Crippen molar-refractivity contribution in [1.29, 1.82) is 0 Å². The molecule has 25 heavy (non-hydrogen) atoms. The Morgan fingerprint density at radius 3 is 2.52 bits per heavy atom. The van der Waals surface area contributed by atoms with Crippen molar-refractivity contribution >= 4 is 40.7 Å². The van der Waals surface area contributed by atoms with Crippen LogP contribution in [0.3, 0.4) is 0 Å². The smallest absolute Gasteiger partial charge is 0.332 e. The number of carbonyl (C=O) groups is 1. The van der Waals surface area contributed by atoms with Crippen LogP contribution in [0.4, 0.5) is 5.82 Å². The third-order valence-electron chi connectivity index (χ3n) is 4.19. The lowest BCUT2D eigenvalue weighted by Gasteiger charge is -2.23. The van der Waals surface area contributed by atoms with Crippen molar-refractivity contribution in [3.63, 3.8) is 0 Å². The molecule has 0 radical (unpaired) electrons. The standard InChI is InChI=1S/C16H13Cl2N3O4/c1-20-13-12(14(22)21(2)16(20)25)9(15(23)24)6-11(19-13)8-4-3-7(17)5-10(8)18/h3-5,9H,6H2,1-2H3,(H,23,24). The van der Waals surface area contributed by atoms with Gasteiger partial charge in [-0.25, -0.2) is 9.79 Å². The largest absolute Gasteiger partial charge is 0.481 e. The number of aromatic nitrogens is 2. The first-order valence-corrected chi connectivity index (χ1v) is 8.03. The molecule has 0 amide bonds. The lowest BCUT2D eigenvalue weighted by atomic mass is 9.89. The number of carboxylic acid groups (broad SMARTS) is 1. The summed E-state index contributed by atoms with van der Waals surface area (Å²) in [6, 6.07) is 4.77. The summed E-state index contributed by atoms with van der Waals surface area (Å²) in [4.78, 5) is 40.7. The summed E-state index contributed by atoms with van der Waals surface area (Å²) in [6.45, 7) is 0. The first-order valence-electron chi connectivity index (χ1n) is 7.28. The average molecular weight is 382 g/mol. The molecule has 0 bridgehead atoms. The van der Waals surface area contributed by atoms with Crippen LogP contribution in [0.5, 0.6) is 0 Å². The Kier molecular flexibility index (Phi) is 4.30. The molecule has 3 rings (SSSR count). The molecule has 1 unspecified atom stereocenters. The molecular formula is C16H13Cl2N3O4. The molecule has 1 aliphatic heterocycles. The fraction of sp³-hybridized carbons (Fsp3) is 0.250. The van der Waals surface area contributed by atoms with Crippen molar-refractivity contribution in [2.24, 2.45) is 19.1 Å². The predicted octanol–water partition coefficient (Wildman–Crippen LogP) is 2.08. The van der Waals surface area contributed by atoms with Gasteiger partial charge in [0.15, 0.2) is 0 Å². The topological polar surface area (TPSA) is 93.7 Å². The molecule has 1 N–H and O–H groups in total. The molecule has 0 saturated heterocycles. The molecule has 1 aliphatic rings. The lowest BCUT2D eigenvalue weighted by molar-refractivity contribution is -0.138. The summed E-state index contributed by atoms with van der Waals surface area (Å²) < 4.78 is 2.04. The highest BCUT2D eigenvalue weighted by Gasteiger charge is 2.34. The number of fused-ring (bicyclic) bond motifs is 1. The second-order valence-corrected chi connectivity index (χ2v) is 6.56. The summed E-state index contributed by atoms with van der Waals surface area (Å²) in [6.07, 6.45) is -0.0167. The van der Waals surface area contributed by atoms with Gasteiger partial charge in [0.2, 0.25) is 0 Å². The normalized spacial score (nSPS) is 16.3. The molecule has 0 spiro atoms. The number of nitrogens with zero attached hydrogens (tertiary/aromatic N) is 3. The van der Waals surface area contributed by atoms with E-state index in [-0.39, 0.29) is 17.8 Å². The number of aliphatic carboxylic acids is 1. The molecule has 1 atom stereocenters. The van der Waals surface area contributed by atoms with Gasteiger partial charge in [-0.05, 0) is 12.1 Å².